The smallest absolute Gasteiger partial charge is 0.348 e. The van der Waals surface area contributed by atoms with E-state index >= 15 is 0 Å². The molecule has 1 amide bonds. The number of aliphatic hydroxyl groups excluding tert-OH is 2. The normalized spacial score (nSPS) is 31.1. The fourth-order valence-electron chi connectivity index (χ4n) is 5.43. The van der Waals surface area contributed by atoms with Crippen molar-refractivity contribution in [2.75, 3.05) is 4.90 Å². The molecule has 1 unspecified atom stereocenters. The number of aromatic carboxylic acids is 1. The lowest BCUT2D eigenvalue weighted by Gasteiger charge is -2.38. The number of carboxylic acid groups (broad SMARTS) is 1. The van der Waals surface area contributed by atoms with Crippen molar-refractivity contribution < 1.29 is 24.9 Å². The lowest BCUT2D eigenvalue weighted by molar-refractivity contribution is -0.124. The van der Waals surface area contributed by atoms with E-state index in [-0.39, 0.29) is 35.0 Å². The first-order valence-corrected chi connectivity index (χ1v) is 12.9. The van der Waals surface area contributed by atoms with Crippen LogP contribution in [-0.2, 0) is 4.79 Å². The van der Waals surface area contributed by atoms with Crippen molar-refractivity contribution in [2.45, 2.75) is 95.8 Å². The fraction of sp³-hybridized carbons (Fsp3) is 0.680. The predicted molar refractivity (Wildman–Crippen MR) is 126 cm³/mol. The number of amides is 1. The number of anilines is 1. The first-order valence-electron chi connectivity index (χ1n) is 12.1. The van der Waals surface area contributed by atoms with Crippen molar-refractivity contribution in [1.29, 1.82) is 0 Å². The van der Waals surface area contributed by atoms with Crippen LogP contribution in [0.2, 0.25) is 0 Å². The molecule has 4 rings (SSSR count). The largest absolute Gasteiger partial charge is 0.477 e. The second-order valence-electron chi connectivity index (χ2n) is 9.92. The predicted octanol–water partition coefficient (Wildman–Crippen LogP) is 4.84. The SMILES string of the molecule is C[C@H]1CC[C@H](C(=O)N(c2cc(C3=CCC(O)CC3)sc2C(=O)O)[C@H]2CC[C@H](O)CC2)CC1. The number of thiophene rings is 1. The molecule has 0 spiro atoms. The fourth-order valence-corrected chi connectivity index (χ4v) is 6.49. The molecule has 6 nitrogen and oxygen atoms in total. The molecule has 1 atom stereocenters. The highest BCUT2D eigenvalue weighted by atomic mass is 32.1. The Kier molecular flexibility index (Phi) is 7.37. The summed E-state index contributed by atoms with van der Waals surface area (Å²) >= 11 is 1.24. The highest BCUT2D eigenvalue weighted by molar-refractivity contribution is 7.15. The molecule has 0 radical (unpaired) electrons. The summed E-state index contributed by atoms with van der Waals surface area (Å²) in [5.74, 6) is -0.378. The number of nitrogens with zero attached hydrogens (tertiary/aromatic N) is 1. The van der Waals surface area contributed by atoms with Crippen LogP contribution >= 0.6 is 11.3 Å². The van der Waals surface area contributed by atoms with E-state index in [0.717, 1.165) is 36.1 Å². The Hall–Kier alpha value is -1.70. The zero-order chi connectivity index (χ0) is 22.8. The van der Waals surface area contributed by atoms with E-state index in [0.29, 0.717) is 56.6 Å². The minimum atomic E-state index is -1.00. The van der Waals surface area contributed by atoms with Crippen molar-refractivity contribution in [1.82, 2.24) is 0 Å². The third-order valence-electron chi connectivity index (χ3n) is 7.50. The van der Waals surface area contributed by atoms with Gasteiger partial charge in [-0.2, -0.15) is 0 Å². The number of hydrogen-bond acceptors (Lipinski definition) is 5. The van der Waals surface area contributed by atoms with Gasteiger partial charge in [-0.25, -0.2) is 4.79 Å². The number of aliphatic hydroxyl groups is 2. The Bertz CT molecular complexity index is 862. The number of hydrogen-bond donors (Lipinski definition) is 3. The van der Waals surface area contributed by atoms with E-state index in [1.165, 1.54) is 11.3 Å². The summed E-state index contributed by atoms with van der Waals surface area (Å²) in [4.78, 5) is 28.9. The van der Waals surface area contributed by atoms with E-state index in [9.17, 15) is 24.9 Å². The molecule has 2 fully saturated rings. The van der Waals surface area contributed by atoms with E-state index < -0.39 is 5.97 Å². The molecule has 32 heavy (non-hydrogen) atoms. The van der Waals surface area contributed by atoms with Gasteiger partial charge in [0.05, 0.1) is 17.9 Å². The van der Waals surface area contributed by atoms with E-state index in [4.69, 9.17) is 0 Å². The van der Waals surface area contributed by atoms with E-state index in [2.05, 4.69) is 6.92 Å². The van der Waals surface area contributed by atoms with E-state index in [1.807, 2.05) is 12.1 Å². The number of rotatable bonds is 5. The average molecular weight is 462 g/mol. The minimum absolute atomic E-state index is 0.0539. The van der Waals surface area contributed by atoms with Crippen LogP contribution in [0.25, 0.3) is 5.57 Å². The molecule has 176 valence electrons. The van der Waals surface area contributed by atoms with E-state index in [1.54, 1.807) is 4.90 Å². The zero-order valence-electron chi connectivity index (χ0n) is 18.8. The molecular formula is C25H35NO5S. The van der Waals surface area contributed by atoms with Crippen molar-refractivity contribution in [3.05, 3.63) is 21.9 Å². The minimum Gasteiger partial charge on any atom is -0.477 e. The molecule has 0 aliphatic heterocycles. The number of carbonyl (C=O) groups is 2. The van der Waals surface area contributed by atoms with Gasteiger partial charge < -0.3 is 20.2 Å². The Morgan fingerprint density at radius 3 is 2.25 bits per heavy atom. The maximum Gasteiger partial charge on any atom is 0.348 e. The first kappa shape index (κ1) is 23.5. The molecule has 0 bridgehead atoms. The quantitative estimate of drug-likeness (QED) is 0.583. The standard InChI is InChI=1S/C25H35NO5S/c1-15-2-4-17(5-3-15)24(29)26(18-8-12-20(28)13-9-18)21-14-22(32-23(21)25(30)31)16-6-10-19(27)11-7-16/h6,14-15,17-20,27-28H,2-5,7-13H2,1H3,(H,30,31)/t15-,17-,18-,19?,20-. The van der Waals surface area contributed by atoms with Crippen LogP contribution in [0, 0.1) is 11.8 Å². The third kappa shape index (κ3) is 5.10. The zero-order valence-corrected chi connectivity index (χ0v) is 19.6. The third-order valence-corrected chi connectivity index (χ3v) is 8.69. The topological polar surface area (TPSA) is 98.1 Å². The monoisotopic (exact) mass is 461 g/mol. The molecule has 1 heterocycles. The Balaban J connectivity index is 1.69. The maximum atomic E-state index is 13.8. The van der Waals surface area contributed by atoms with Gasteiger partial charge in [-0.15, -0.1) is 11.3 Å². The summed E-state index contributed by atoms with van der Waals surface area (Å²) in [6.45, 7) is 2.23. The molecule has 3 aliphatic rings. The van der Waals surface area contributed by atoms with Gasteiger partial charge in [0.15, 0.2) is 0 Å². The summed E-state index contributed by atoms with van der Waals surface area (Å²) in [6.07, 6.45) is 9.72. The molecule has 7 heteroatoms. The summed E-state index contributed by atoms with van der Waals surface area (Å²) in [6, 6.07) is 1.82. The molecule has 3 N–H and O–H groups in total. The second kappa shape index (κ2) is 10.1. The highest BCUT2D eigenvalue weighted by Crippen LogP contribution is 2.42. The summed E-state index contributed by atoms with van der Waals surface area (Å²) in [5.41, 5.74) is 1.58. The lowest BCUT2D eigenvalue weighted by Crippen LogP contribution is -2.47. The van der Waals surface area contributed by atoms with Crippen LogP contribution in [0.1, 0.15) is 92.1 Å². The first-order chi connectivity index (χ1) is 15.3. The molecule has 0 aromatic carbocycles. The summed E-state index contributed by atoms with van der Waals surface area (Å²) in [5, 5.41) is 29.8. The molecule has 2 saturated carbocycles. The van der Waals surface area contributed by atoms with Gasteiger partial charge in [0.1, 0.15) is 4.88 Å². The van der Waals surface area contributed by atoms with Crippen molar-refractivity contribution in [3.63, 3.8) is 0 Å². The van der Waals surface area contributed by atoms with Gasteiger partial charge in [-0.3, -0.25) is 4.79 Å². The number of carboxylic acids is 1. The van der Waals surface area contributed by atoms with Crippen LogP contribution in [-0.4, -0.2) is 45.4 Å². The lowest BCUT2D eigenvalue weighted by atomic mass is 9.81. The molecule has 3 aliphatic carbocycles. The van der Waals surface area contributed by atoms with Crippen LogP contribution in [0.15, 0.2) is 12.1 Å². The van der Waals surface area contributed by atoms with Gasteiger partial charge in [-0.1, -0.05) is 13.0 Å². The van der Waals surface area contributed by atoms with Crippen LogP contribution in [0.4, 0.5) is 5.69 Å². The number of carbonyl (C=O) groups excluding carboxylic acids is 1. The maximum absolute atomic E-state index is 13.8. The summed E-state index contributed by atoms with van der Waals surface area (Å²) < 4.78 is 0. The van der Waals surface area contributed by atoms with Crippen LogP contribution in [0.5, 0.6) is 0 Å². The van der Waals surface area contributed by atoms with Crippen molar-refractivity contribution >= 4 is 34.5 Å². The number of allylic oxidation sites excluding steroid dienone is 1. The van der Waals surface area contributed by atoms with Crippen molar-refractivity contribution in [2.24, 2.45) is 11.8 Å². The van der Waals surface area contributed by atoms with Gasteiger partial charge in [0, 0.05) is 16.8 Å². The van der Waals surface area contributed by atoms with Crippen LogP contribution < -0.4 is 4.90 Å². The van der Waals surface area contributed by atoms with Gasteiger partial charge in [0.2, 0.25) is 5.91 Å². The Labute approximate surface area is 193 Å². The molecule has 1 aromatic heterocycles. The Morgan fingerprint density at radius 1 is 0.969 bits per heavy atom. The van der Waals surface area contributed by atoms with Gasteiger partial charge >= 0.3 is 5.97 Å². The second-order valence-corrected chi connectivity index (χ2v) is 11.0. The van der Waals surface area contributed by atoms with Gasteiger partial charge in [0.25, 0.3) is 0 Å². The average Bonchev–Trinajstić information content (AvgIpc) is 3.21. The van der Waals surface area contributed by atoms with Crippen molar-refractivity contribution in [3.8, 4) is 0 Å². The Morgan fingerprint density at radius 2 is 1.66 bits per heavy atom. The van der Waals surface area contributed by atoms with Gasteiger partial charge in [-0.05, 0) is 88.2 Å². The molecular weight excluding hydrogens is 426 g/mol. The summed E-state index contributed by atoms with van der Waals surface area (Å²) in [7, 11) is 0. The highest BCUT2D eigenvalue weighted by Gasteiger charge is 2.37. The molecule has 0 saturated heterocycles. The molecule has 1 aromatic rings. The van der Waals surface area contributed by atoms with Crippen LogP contribution in [0.3, 0.4) is 0 Å².